The average molecular weight is 268 g/mol. The molecule has 1 heterocycles. The molecule has 1 unspecified atom stereocenters. The van der Waals surface area contributed by atoms with Crippen molar-refractivity contribution >= 4 is 5.91 Å². The number of nitrogens with zero attached hydrogens (tertiary/aromatic N) is 3. The zero-order valence-electron chi connectivity index (χ0n) is 11.7. The molecule has 102 valence electrons. The SMILES string of the molecule is CC(=O)NC(C)c1cnn(-c2ccc(C#N)cc2)c1C. The number of aromatic nitrogens is 2. The number of hydrogen-bond acceptors (Lipinski definition) is 3. The summed E-state index contributed by atoms with van der Waals surface area (Å²) in [6.45, 7) is 5.38. The summed E-state index contributed by atoms with van der Waals surface area (Å²) in [6, 6.07) is 9.22. The number of nitriles is 1. The molecule has 0 aliphatic carbocycles. The van der Waals surface area contributed by atoms with Gasteiger partial charge in [0.15, 0.2) is 0 Å². The van der Waals surface area contributed by atoms with Crippen LogP contribution in [0.3, 0.4) is 0 Å². The van der Waals surface area contributed by atoms with Crippen LogP contribution in [0.25, 0.3) is 5.69 Å². The molecular formula is C15H16N4O. The lowest BCUT2D eigenvalue weighted by Crippen LogP contribution is -2.23. The fourth-order valence-corrected chi connectivity index (χ4v) is 2.17. The minimum atomic E-state index is -0.0837. The number of hydrogen-bond donors (Lipinski definition) is 1. The first-order chi connectivity index (χ1) is 9.52. The van der Waals surface area contributed by atoms with Gasteiger partial charge in [0, 0.05) is 18.2 Å². The molecule has 0 aliphatic rings. The number of rotatable bonds is 3. The lowest BCUT2D eigenvalue weighted by Gasteiger charge is -2.12. The zero-order valence-corrected chi connectivity index (χ0v) is 11.7. The Morgan fingerprint density at radius 2 is 2.05 bits per heavy atom. The zero-order chi connectivity index (χ0) is 14.7. The average Bonchev–Trinajstić information content (AvgIpc) is 2.80. The van der Waals surface area contributed by atoms with Crippen LogP contribution in [0, 0.1) is 18.3 Å². The lowest BCUT2D eigenvalue weighted by molar-refractivity contribution is -0.119. The molecule has 1 aromatic carbocycles. The van der Waals surface area contributed by atoms with Gasteiger partial charge in [0.25, 0.3) is 0 Å². The summed E-state index contributed by atoms with van der Waals surface area (Å²) in [6.07, 6.45) is 1.76. The number of amides is 1. The normalized spacial score (nSPS) is 11.7. The van der Waals surface area contributed by atoms with Crippen molar-refractivity contribution in [3.63, 3.8) is 0 Å². The monoisotopic (exact) mass is 268 g/mol. The summed E-state index contributed by atoms with van der Waals surface area (Å²) in [7, 11) is 0. The molecule has 0 bridgehead atoms. The van der Waals surface area contributed by atoms with Crippen LogP contribution in [-0.4, -0.2) is 15.7 Å². The highest BCUT2D eigenvalue weighted by atomic mass is 16.1. The minimum Gasteiger partial charge on any atom is -0.350 e. The Kier molecular flexibility index (Phi) is 3.85. The highest BCUT2D eigenvalue weighted by Gasteiger charge is 2.14. The van der Waals surface area contributed by atoms with E-state index in [1.807, 2.05) is 26.0 Å². The minimum absolute atomic E-state index is 0.0666. The number of benzene rings is 1. The van der Waals surface area contributed by atoms with Crippen molar-refractivity contribution in [1.82, 2.24) is 15.1 Å². The van der Waals surface area contributed by atoms with Crippen molar-refractivity contribution in [3.05, 3.63) is 47.3 Å². The van der Waals surface area contributed by atoms with E-state index < -0.39 is 0 Å². The summed E-state index contributed by atoms with van der Waals surface area (Å²) in [5, 5.41) is 16.0. The largest absolute Gasteiger partial charge is 0.350 e. The van der Waals surface area contributed by atoms with E-state index in [-0.39, 0.29) is 11.9 Å². The van der Waals surface area contributed by atoms with Gasteiger partial charge in [-0.2, -0.15) is 10.4 Å². The Bertz CT molecular complexity index is 664. The summed E-state index contributed by atoms with van der Waals surface area (Å²) >= 11 is 0. The topological polar surface area (TPSA) is 70.7 Å². The molecule has 20 heavy (non-hydrogen) atoms. The van der Waals surface area contributed by atoms with E-state index >= 15 is 0 Å². The van der Waals surface area contributed by atoms with Gasteiger partial charge in [-0.05, 0) is 38.1 Å². The van der Waals surface area contributed by atoms with Crippen molar-refractivity contribution in [2.45, 2.75) is 26.8 Å². The molecule has 5 nitrogen and oxygen atoms in total. The van der Waals surface area contributed by atoms with Crippen molar-refractivity contribution < 1.29 is 4.79 Å². The molecule has 0 saturated heterocycles. The number of nitrogens with one attached hydrogen (secondary N) is 1. The number of carbonyl (C=O) groups excluding carboxylic acids is 1. The molecule has 1 atom stereocenters. The van der Waals surface area contributed by atoms with E-state index in [1.165, 1.54) is 6.92 Å². The first-order valence-electron chi connectivity index (χ1n) is 6.35. The third-order valence-electron chi connectivity index (χ3n) is 3.18. The van der Waals surface area contributed by atoms with Gasteiger partial charge in [0.2, 0.25) is 5.91 Å². The summed E-state index contributed by atoms with van der Waals surface area (Å²) < 4.78 is 1.80. The van der Waals surface area contributed by atoms with Crippen molar-refractivity contribution in [3.8, 4) is 11.8 Å². The summed E-state index contributed by atoms with van der Waals surface area (Å²) in [5.74, 6) is -0.0666. The fourth-order valence-electron chi connectivity index (χ4n) is 2.17. The molecule has 1 N–H and O–H groups in total. The molecule has 2 rings (SSSR count). The highest BCUT2D eigenvalue weighted by Crippen LogP contribution is 2.20. The molecule has 0 fully saturated rings. The second-order valence-electron chi connectivity index (χ2n) is 4.68. The maximum absolute atomic E-state index is 11.1. The van der Waals surface area contributed by atoms with Gasteiger partial charge in [0.05, 0.1) is 29.6 Å². The van der Waals surface area contributed by atoms with E-state index in [0.29, 0.717) is 5.56 Å². The molecule has 1 amide bonds. The van der Waals surface area contributed by atoms with Gasteiger partial charge in [-0.25, -0.2) is 4.68 Å². The van der Waals surface area contributed by atoms with Gasteiger partial charge in [-0.15, -0.1) is 0 Å². The van der Waals surface area contributed by atoms with Crippen LogP contribution in [0.15, 0.2) is 30.5 Å². The van der Waals surface area contributed by atoms with Crippen LogP contribution in [0.1, 0.15) is 36.7 Å². The second kappa shape index (κ2) is 5.57. The molecule has 2 aromatic rings. The first-order valence-corrected chi connectivity index (χ1v) is 6.35. The van der Waals surface area contributed by atoms with E-state index in [2.05, 4.69) is 16.5 Å². The van der Waals surface area contributed by atoms with Crippen LogP contribution in [0.4, 0.5) is 0 Å². The molecule has 0 saturated carbocycles. The van der Waals surface area contributed by atoms with E-state index in [0.717, 1.165) is 16.9 Å². The van der Waals surface area contributed by atoms with E-state index in [9.17, 15) is 4.79 Å². The Morgan fingerprint density at radius 1 is 1.40 bits per heavy atom. The van der Waals surface area contributed by atoms with Gasteiger partial charge in [0.1, 0.15) is 0 Å². The molecule has 5 heteroatoms. The molecular weight excluding hydrogens is 252 g/mol. The summed E-state index contributed by atoms with van der Waals surface area (Å²) in [4.78, 5) is 11.1. The first kappa shape index (κ1) is 13.8. The van der Waals surface area contributed by atoms with Crippen LogP contribution < -0.4 is 5.32 Å². The van der Waals surface area contributed by atoms with Crippen LogP contribution in [0.2, 0.25) is 0 Å². The van der Waals surface area contributed by atoms with Gasteiger partial charge in [-0.3, -0.25) is 4.79 Å². The van der Waals surface area contributed by atoms with Crippen LogP contribution >= 0.6 is 0 Å². The summed E-state index contributed by atoms with van der Waals surface area (Å²) in [5.41, 5.74) is 3.45. The Labute approximate surface area is 117 Å². The quantitative estimate of drug-likeness (QED) is 0.928. The standard InChI is InChI=1S/C15H16N4O/c1-10(18-12(3)20)15-9-17-19(11(15)2)14-6-4-13(8-16)5-7-14/h4-7,9-10H,1-3H3,(H,18,20). The van der Waals surface area contributed by atoms with Crippen molar-refractivity contribution in [2.24, 2.45) is 0 Å². The molecule has 0 aliphatic heterocycles. The maximum atomic E-state index is 11.1. The van der Waals surface area contributed by atoms with Crippen LogP contribution in [-0.2, 0) is 4.79 Å². The molecule has 0 radical (unpaired) electrons. The Balaban J connectivity index is 2.32. The molecule has 0 spiro atoms. The van der Waals surface area contributed by atoms with Gasteiger partial charge >= 0.3 is 0 Å². The van der Waals surface area contributed by atoms with E-state index in [1.54, 1.807) is 23.0 Å². The predicted molar refractivity (Wildman–Crippen MR) is 75.2 cm³/mol. The Hall–Kier alpha value is -2.61. The van der Waals surface area contributed by atoms with Crippen LogP contribution in [0.5, 0.6) is 0 Å². The third-order valence-corrected chi connectivity index (χ3v) is 3.18. The smallest absolute Gasteiger partial charge is 0.217 e. The third kappa shape index (κ3) is 2.69. The van der Waals surface area contributed by atoms with Crippen molar-refractivity contribution in [1.29, 1.82) is 5.26 Å². The highest BCUT2D eigenvalue weighted by molar-refractivity contribution is 5.73. The Morgan fingerprint density at radius 3 is 2.60 bits per heavy atom. The molecule has 1 aromatic heterocycles. The van der Waals surface area contributed by atoms with Crippen molar-refractivity contribution in [2.75, 3.05) is 0 Å². The van der Waals surface area contributed by atoms with E-state index in [4.69, 9.17) is 5.26 Å². The lowest BCUT2D eigenvalue weighted by atomic mass is 10.1. The second-order valence-corrected chi connectivity index (χ2v) is 4.68. The van der Waals surface area contributed by atoms with Gasteiger partial charge < -0.3 is 5.32 Å². The van der Waals surface area contributed by atoms with Gasteiger partial charge in [-0.1, -0.05) is 0 Å². The maximum Gasteiger partial charge on any atom is 0.217 e. The fraction of sp³-hybridized carbons (Fsp3) is 0.267. The predicted octanol–water partition coefficient (Wildman–Crippen LogP) is 2.25. The number of carbonyl (C=O) groups is 1.